The van der Waals surface area contributed by atoms with Gasteiger partial charge < -0.3 is 16.0 Å². The van der Waals surface area contributed by atoms with E-state index in [0.29, 0.717) is 0 Å². The van der Waals surface area contributed by atoms with Crippen LogP contribution in [0.2, 0.25) is 0 Å². The summed E-state index contributed by atoms with van der Waals surface area (Å²) in [5, 5.41) is 9.74. The zero-order chi connectivity index (χ0) is 10.4. The predicted molar refractivity (Wildman–Crippen MR) is 61.3 cm³/mol. The summed E-state index contributed by atoms with van der Waals surface area (Å²) in [6.07, 6.45) is 1.22. The molecule has 82 valence electrons. The average molecular weight is 189 g/mol. The summed E-state index contributed by atoms with van der Waals surface area (Å²) < 4.78 is 0. The third kappa shape index (κ3) is 18.7. The van der Waals surface area contributed by atoms with E-state index >= 15 is 0 Å². The maximum Gasteiger partial charge on any atom is 0.00772 e. The second-order valence-electron chi connectivity index (χ2n) is 2.60. The topological polar surface area (TPSA) is 36.1 Å². The molecule has 0 heterocycles. The van der Waals surface area contributed by atoms with E-state index in [4.69, 9.17) is 0 Å². The zero-order valence-corrected chi connectivity index (χ0v) is 9.74. The standard InChI is InChI=1S/C8H21N3.C2H6/c1-3-4-10-7-8-11-6-5-9-2;1-2/h9-11H,3-8H2,1-2H3;1-2H3. The normalized spacial score (nSPS) is 9.23. The molecule has 0 radical (unpaired) electrons. The molecule has 0 rings (SSSR count). The van der Waals surface area contributed by atoms with E-state index in [9.17, 15) is 0 Å². The van der Waals surface area contributed by atoms with Gasteiger partial charge in [-0.2, -0.15) is 0 Å². The Balaban J connectivity index is 0. The first-order valence-electron chi connectivity index (χ1n) is 5.47. The molecule has 3 heteroatoms. The fraction of sp³-hybridized carbons (Fsp3) is 1.00. The molecule has 0 amide bonds. The quantitative estimate of drug-likeness (QED) is 0.495. The van der Waals surface area contributed by atoms with Crippen LogP contribution in [-0.2, 0) is 0 Å². The first-order chi connectivity index (χ1) is 6.41. The Kier molecular flexibility index (Phi) is 21.1. The fourth-order valence-corrected chi connectivity index (χ4v) is 0.817. The maximum atomic E-state index is 3.33. The zero-order valence-electron chi connectivity index (χ0n) is 9.74. The summed E-state index contributed by atoms with van der Waals surface area (Å²) in [6.45, 7) is 11.6. The minimum Gasteiger partial charge on any atom is -0.318 e. The van der Waals surface area contributed by atoms with Crippen molar-refractivity contribution in [3.8, 4) is 0 Å². The van der Waals surface area contributed by atoms with Crippen molar-refractivity contribution in [2.24, 2.45) is 0 Å². The number of hydrogen-bond donors (Lipinski definition) is 3. The highest BCUT2D eigenvalue weighted by molar-refractivity contribution is 4.52. The summed E-state index contributed by atoms with van der Waals surface area (Å²) in [5.41, 5.74) is 0. The second-order valence-corrected chi connectivity index (χ2v) is 2.60. The van der Waals surface area contributed by atoms with Gasteiger partial charge in [-0.1, -0.05) is 20.8 Å². The Morgan fingerprint density at radius 1 is 0.769 bits per heavy atom. The first kappa shape index (κ1) is 15.4. The number of hydrogen-bond acceptors (Lipinski definition) is 3. The molecule has 0 saturated heterocycles. The van der Waals surface area contributed by atoms with Crippen LogP contribution < -0.4 is 16.0 Å². The third-order valence-corrected chi connectivity index (χ3v) is 1.46. The summed E-state index contributed by atoms with van der Waals surface area (Å²) in [4.78, 5) is 0. The Hall–Kier alpha value is -0.120. The van der Waals surface area contributed by atoms with Gasteiger partial charge in [-0.25, -0.2) is 0 Å². The molecule has 0 unspecified atom stereocenters. The van der Waals surface area contributed by atoms with Crippen LogP contribution in [0.15, 0.2) is 0 Å². The predicted octanol–water partition coefficient (Wildman–Crippen LogP) is 0.821. The van der Waals surface area contributed by atoms with Gasteiger partial charge >= 0.3 is 0 Å². The van der Waals surface area contributed by atoms with Crippen LogP contribution in [0, 0.1) is 0 Å². The number of nitrogens with one attached hydrogen (secondary N) is 3. The molecule has 13 heavy (non-hydrogen) atoms. The lowest BCUT2D eigenvalue weighted by molar-refractivity contribution is 0.596. The monoisotopic (exact) mass is 189 g/mol. The SMILES string of the molecule is CC.CCCNCCNCCNC. The van der Waals surface area contributed by atoms with Crippen molar-refractivity contribution < 1.29 is 0 Å². The molecule has 3 nitrogen and oxygen atoms in total. The van der Waals surface area contributed by atoms with E-state index in [0.717, 1.165) is 32.7 Å². The van der Waals surface area contributed by atoms with Crippen molar-refractivity contribution in [3.63, 3.8) is 0 Å². The van der Waals surface area contributed by atoms with Gasteiger partial charge in [-0.05, 0) is 20.0 Å². The van der Waals surface area contributed by atoms with Gasteiger partial charge in [0, 0.05) is 26.2 Å². The van der Waals surface area contributed by atoms with E-state index in [1.165, 1.54) is 6.42 Å². The summed E-state index contributed by atoms with van der Waals surface area (Å²) in [7, 11) is 1.97. The van der Waals surface area contributed by atoms with E-state index in [1.54, 1.807) is 0 Å². The van der Waals surface area contributed by atoms with Gasteiger partial charge in [0.15, 0.2) is 0 Å². The van der Waals surface area contributed by atoms with Crippen molar-refractivity contribution in [3.05, 3.63) is 0 Å². The Labute approximate surface area is 83.7 Å². The van der Waals surface area contributed by atoms with Crippen LogP contribution in [0.3, 0.4) is 0 Å². The Morgan fingerprint density at radius 3 is 1.69 bits per heavy atom. The van der Waals surface area contributed by atoms with E-state index in [2.05, 4.69) is 22.9 Å². The lowest BCUT2D eigenvalue weighted by Crippen LogP contribution is -2.31. The highest BCUT2D eigenvalue weighted by atomic mass is 15.0. The Morgan fingerprint density at radius 2 is 1.23 bits per heavy atom. The van der Waals surface area contributed by atoms with Crippen molar-refractivity contribution in [1.29, 1.82) is 0 Å². The van der Waals surface area contributed by atoms with E-state index in [-0.39, 0.29) is 0 Å². The minimum absolute atomic E-state index is 1.05. The molecule has 0 aliphatic heterocycles. The molecule has 0 aromatic rings. The number of likely N-dealkylation sites (N-methyl/N-ethyl adjacent to an activating group) is 1. The minimum atomic E-state index is 1.05. The van der Waals surface area contributed by atoms with Crippen LogP contribution in [0.25, 0.3) is 0 Å². The molecule has 0 aliphatic rings. The van der Waals surface area contributed by atoms with Crippen LogP contribution in [-0.4, -0.2) is 39.8 Å². The second kappa shape index (κ2) is 17.8. The average Bonchev–Trinajstić information content (AvgIpc) is 2.20. The first-order valence-corrected chi connectivity index (χ1v) is 5.47. The molecule has 0 aromatic carbocycles. The molecule has 0 spiro atoms. The maximum absolute atomic E-state index is 3.33. The molecular formula is C10H27N3. The fourth-order valence-electron chi connectivity index (χ4n) is 0.817. The molecule has 0 atom stereocenters. The van der Waals surface area contributed by atoms with Crippen LogP contribution in [0.5, 0.6) is 0 Å². The summed E-state index contributed by atoms with van der Waals surface area (Å²) >= 11 is 0. The third-order valence-electron chi connectivity index (χ3n) is 1.46. The van der Waals surface area contributed by atoms with Crippen molar-refractivity contribution in [1.82, 2.24) is 16.0 Å². The largest absolute Gasteiger partial charge is 0.318 e. The van der Waals surface area contributed by atoms with E-state index in [1.807, 2.05) is 20.9 Å². The number of rotatable bonds is 8. The van der Waals surface area contributed by atoms with Gasteiger partial charge in [-0.15, -0.1) is 0 Å². The van der Waals surface area contributed by atoms with Crippen molar-refractivity contribution in [2.75, 3.05) is 39.8 Å². The van der Waals surface area contributed by atoms with Crippen LogP contribution in [0.4, 0.5) is 0 Å². The lowest BCUT2D eigenvalue weighted by Gasteiger charge is -2.04. The molecular weight excluding hydrogens is 162 g/mol. The van der Waals surface area contributed by atoms with Gasteiger partial charge in [-0.3, -0.25) is 0 Å². The summed E-state index contributed by atoms with van der Waals surface area (Å²) in [5.74, 6) is 0. The Bertz CT molecular complexity index is 59.2. The molecule has 0 fully saturated rings. The van der Waals surface area contributed by atoms with Crippen LogP contribution in [0.1, 0.15) is 27.2 Å². The molecule has 0 aliphatic carbocycles. The lowest BCUT2D eigenvalue weighted by atomic mass is 10.4. The van der Waals surface area contributed by atoms with E-state index < -0.39 is 0 Å². The molecule has 3 N–H and O–H groups in total. The van der Waals surface area contributed by atoms with Gasteiger partial charge in [0.1, 0.15) is 0 Å². The molecule has 0 bridgehead atoms. The van der Waals surface area contributed by atoms with Crippen molar-refractivity contribution >= 4 is 0 Å². The molecule has 0 saturated carbocycles. The molecule has 0 aromatic heterocycles. The van der Waals surface area contributed by atoms with Gasteiger partial charge in [0.25, 0.3) is 0 Å². The highest BCUT2D eigenvalue weighted by Gasteiger charge is 1.85. The van der Waals surface area contributed by atoms with Gasteiger partial charge in [0.2, 0.25) is 0 Å². The van der Waals surface area contributed by atoms with Gasteiger partial charge in [0.05, 0.1) is 0 Å². The smallest absolute Gasteiger partial charge is 0.00772 e. The van der Waals surface area contributed by atoms with Crippen LogP contribution >= 0.6 is 0 Å². The highest BCUT2D eigenvalue weighted by Crippen LogP contribution is 1.67. The summed E-state index contributed by atoms with van der Waals surface area (Å²) in [6, 6.07) is 0. The van der Waals surface area contributed by atoms with Crippen molar-refractivity contribution in [2.45, 2.75) is 27.2 Å².